The van der Waals surface area contributed by atoms with E-state index in [4.69, 9.17) is 0 Å². The number of hydrogen-bond donors (Lipinski definition) is 2. The van der Waals surface area contributed by atoms with Gasteiger partial charge in [-0.05, 0) is 30.3 Å². The molecule has 6 heteroatoms. The van der Waals surface area contributed by atoms with Crippen LogP contribution in [-0.4, -0.2) is 20.2 Å². The van der Waals surface area contributed by atoms with E-state index in [9.17, 15) is 4.39 Å². The normalized spacial score (nSPS) is 10.4. The number of hydrogen-bond acceptors (Lipinski definition) is 4. The Morgan fingerprint density at radius 1 is 1.10 bits per heavy atom. The van der Waals surface area contributed by atoms with E-state index in [-0.39, 0.29) is 5.82 Å². The minimum absolute atomic E-state index is 0.259. The van der Waals surface area contributed by atoms with Gasteiger partial charge >= 0.3 is 0 Å². The van der Waals surface area contributed by atoms with Crippen LogP contribution >= 0.6 is 0 Å². The molecule has 3 aromatic rings. The zero-order valence-corrected chi connectivity index (χ0v) is 10.5. The summed E-state index contributed by atoms with van der Waals surface area (Å²) < 4.78 is 12.9. The monoisotopic (exact) mass is 269 g/mol. The summed E-state index contributed by atoms with van der Waals surface area (Å²) in [5.74, 6) is 0.296. The largest absolute Gasteiger partial charge is 0.350 e. The first-order valence-electron chi connectivity index (χ1n) is 6.12. The lowest BCUT2D eigenvalue weighted by Crippen LogP contribution is -2.03. The van der Waals surface area contributed by atoms with Crippen LogP contribution in [0.4, 0.5) is 10.3 Å². The summed E-state index contributed by atoms with van der Waals surface area (Å²) in [7, 11) is 0. The Hall–Kier alpha value is -2.76. The second kappa shape index (κ2) is 5.48. The van der Waals surface area contributed by atoms with Gasteiger partial charge in [-0.1, -0.05) is 0 Å². The van der Waals surface area contributed by atoms with Crippen LogP contribution in [0, 0.1) is 5.82 Å². The minimum Gasteiger partial charge on any atom is -0.350 e. The molecule has 0 atom stereocenters. The van der Waals surface area contributed by atoms with E-state index < -0.39 is 0 Å². The number of rotatable bonds is 4. The Kier molecular flexibility index (Phi) is 3.36. The minimum atomic E-state index is -0.259. The van der Waals surface area contributed by atoms with Crippen molar-refractivity contribution in [2.45, 2.75) is 6.54 Å². The average molecular weight is 269 g/mol. The Balaban J connectivity index is 1.78. The van der Waals surface area contributed by atoms with Gasteiger partial charge in [0.15, 0.2) is 0 Å². The first-order chi connectivity index (χ1) is 9.83. The lowest BCUT2D eigenvalue weighted by Gasteiger charge is -2.05. The summed E-state index contributed by atoms with van der Waals surface area (Å²) in [6.45, 7) is 0.535. The maximum atomic E-state index is 12.9. The fraction of sp³-hybridized carbons (Fsp3) is 0.0714. The van der Waals surface area contributed by atoms with Crippen molar-refractivity contribution in [1.29, 1.82) is 0 Å². The van der Waals surface area contributed by atoms with Crippen LogP contribution in [0.25, 0.3) is 11.3 Å². The van der Waals surface area contributed by atoms with Crippen molar-refractivity contribution in [3.05, 3.63) is 60.3 Å². The van der Waals surface area contributed by atoms with Gasteiger partial charge in [-0.3, -0.25) is 5.10 Å². The zero-order valence-electron chi connectivity index (χ0n) is 10.5. The Morgan fingerprint density at radius 3 is 2.60 bits per heavy atom. The SMILES string of the molecule is Fc1ccc(-c2[nH]ncc2CNc2ncccn2)cc1. The van der Waals surface area contributed by atoms with Gasteiger partial charge in [0.05, 0.1) is 11.9 Å². The molecule has 0 spiro atoms. The van der Waals surface area contributed by atoms with E-state index in [0.29, 0.717) is 12.5 Å². The number of H-pyrrole nitrogens is 1. The van der Waals surface area contributed by atoms with Gasteiger partial charge in [-0.2, -0.15) is 5.10 Å². The van der Waals surface area contributed by atoms with Gasteiger partial charge in [-0.15, -0.1) is 0 Å². The molecule has 2 aromatic heterocycles. The molecule has 2 N–H and O–H groups in total. The quantitative estimate of drug-likeness (QED) is 0.764. The van der Waals surface area contributed by atoms with Crippen LogP contribution in [0.3, 0.4) is 0 Å². The van der Waals surface area contributed by atoms with E-state index in [1.807, 2.05) is 0 Å². The second-order valence-corrected chi connectivity index (χ2v) is 4.20. The molecule has 0 radical (unpaired) electrons. The Bertz CT molecular complexity index is 678. The third kappa shape index (κ3) is 2.64. The first-order valence-corrected chi connectivity index (χ1v) is 6.12. The van der Waals surface area contributed by atoms with E-state index in [1.165, 1.54) is 12.1 Å². The number of aromatic amines is 1. The van der Waals surface area contributed by atoms with E-state index in [1.54, 1.807) is 36.8 Å². The van der Waals surface area contributed by atoms with Gasteiger partial charge in [0.1, 0.15) is 5.82 Å². The summed E-state index contributed by atoms with van der Waals surface area (Å²) >= 11 is 0. The average Bonchev–Trinajstić information content (AvgIpc) is 2.95. The fourth-order valence-corrected chi connectivity index (χ4v) is 1.88. The van der Waals surface area contributed by atoms with Gasteiger partial charge < -0.3 is 5.32 Å². The molecule has 0 saturated carbocycles. The Labute approximate surface area is 114 Å². The standard InChI is InChI=1S/C14H12FN5/c15-12-4-2-10(3-5-12)13-11(9-19-20-13)8-18-14-16-6-1-7-17-14/h1-7,9H,8H2,(H,19,20)(H,16,17,18). The van der Waals surface area contributed by atoms with E-state index in [0.717, 1.165) is 16.8 Å². The summed E-state index contributed by atoms with van der Waals surface area (Å²) in [5, 5.41) is 10.1. The van der Waals surface area contributed by atoms with Crippen molar-refractivity contribution in [2.75, 3.05) is 5.32 Å². The summed E-state index contributed by atoms with van der Waals surface area (Å²) in [4.78, 5) is 8.18. The molecule has 5 nitrogen and oxygen atoms in total. The van der Waals surface area contributed by atoms with Crippen LogP contribution in [0.15, 0.2) is 48.9 Å². The highest BCUT2D eigenvalue weighted by Gasteiger charge is 2.08. The molecule has 0 bridgehead atoms. The predicted molar refractivity (Wildman–Crippen MR) is 73.3 cm³/mol. The number of nitrogens with one attached hydrogen (secondary N) is 2. The fourth-order valence-electron chi connectivity index (χ4n) is 1.88. The topological polar surface area (TPSA) is 66.5 Å². The summed E-state index contributed by atoms with van der Waals surface area (Å²) in [6.07, 6.45) is 5.08. The van der Waals surface area contributed by atoms with Gasteiger partial charge in [0, 0.05) is 30.1 Å². The molecule has 0 aliphatic carbocycles. The first kappa shape index (κ1) is 12.3. The molecule has 0 fully saturated rings. The highest BCUT2D eigenvalue weighted by atomic mass is 19.1. The number of benzene rings is 1. The van der Waals surface area contributed by atoms with Crippen LogP contribution in [-0.2, 0) is 6.54 Å². The number of aromatic nitrogens is 4. The molecule has 20 heavy (non-hydrogen) atoms. The van der Waals surface area contributed by atoms with Crippen LogP contribution in [0.1, 0.15) is 5.56 Å². The number of halogens is 1. The number of nitrogens with zero attached hydrogens (tertiary/aromatic N) is 3. The lowest BCUT2D eigenvalue weighted by molar-refractivity contribution is 0.628. The van der Waals surface area contributed by atoms with Crippen molar-refractivity contribution < 1.29 is 4.39 Å². The maximum Gasteiger partial charge on any atom is 0.222 e. The molecule has 0 aliphatic rings. The molecule has 0 aliphatic heterocycles. The van der Waals surface area contributed by atoms with Crippen molar-refractivity contribution in [3.63, 3.8) is 0 Å². The molecule has 0 saturated heterocycles. The van der Waals surface area contributed by atoms with Crippen molar-refractivity contribution >= 4 is 5.95 Å². The van der Waals surface area contributed by atoms with Crippen molar-refractivity contribution in [2.24, 2.45) is 0 Å². The third-order valence-electron chi connectivity index (χ3n) is 2.85. The molecule has 0 unspecified atom stereocenters. The predicted octanol–water partition coefficient (Wildman–Crippen LogP) is 2.62. The maximum absolute atomic E-state index is 12.9. The van der Waals surface area contributed by atoms with Crippen LogP contribution in [0.5, 0.6) is 0 Å². The molecule has 3 rings (SSSR count). The molecular formula is C14H12FN5. The summed E-state index contributed by atoms with van der Waals surface area (Å²) in [6, 6.07) is 8.03. The van der Waals surface area contributed by atoms with Crippen LogP contribution in [0.2, 0.25) is 0 Å². The van der Waals surface area contributed by atoms with E-state index >= 15 is 0 Å². The van der Waals surface area contributed by atoms with Crippen molar-refractivity contribution in [1.82, 2.24) is 20.2 Å². The highest BCUT2D eigenvalue weighted by Crippen LogP contribution is 2.21. The highest BCUT2D eigenvalue weighted by molar-refractivity contribution is 5.62. The number of anilines is 1. The molecular weight excluding hydrogens is 257 g/mol. The molecule has 2 heterocycles. The van der Waals surface area contributed by atoms with Crippen LogP contribution < -0.4 is 5.32 Å². The third-order valence-corrected chi connectivity index (χ3v) is 2.85. The van der Waals surface area contributed by atoms with Crippen molar-refractivity contribution in [3.8, 4) is 11.3 Å². The summed E-state index contributed by atoms with van der Waals surface area (Å²) in [5.41, 5.74) is 2.70. The second-order valence-electron chi connectivity index (χ2n) is 4.20. The lowest BCUT2D eigenvalue weighted by atomic mass is 10.1. The smallest absolute Gasteiger partial charge is 0.222 e. The van der Waals surface area contributed by atoms with E-state index in [2.05, 4.69) is 25.5 Å². The molecule has 0 amide bonds. The van der Waals surface area contributed by atoms with Gasteiger partial charge in [-0.25, -0.2) is 14.4 Å². The Morgan fingerprint density at radius 2 is 1.85 bits per heavy atom. The molecule has 1 aromatic carbocycles. The zero-order chi connectivity index (χ0) is 13.8. The van der Waals surface area contributed by atoms with Gasteiger partial charge in [0.25, 0.3) is 0 Å². The van der Waals surface area contributed by atoms with Gasteiger partial charge in [0.2, 0.25) is 5.95 Å². The molecule has 100 valence electrons.